The highest BCUT2D eigenvalue weighted by Crippen LogP contribution is 2.53. The smallest absolute Gasteiger partial charge is 0.252 e. The number of aryl methyl sites for hydroxylation is 2. The largest absolute Gasteiger partial charge is 0.311 e. The lowest BCUT2D eigenvalue weighted by Gasteiger charge is -2.46. The summed E-state index contributed by atoms with van der Waals surface area (Å²) in [6.07, 6.45) is 9.06. The van der Waals surface area contributed by atoms with Crippen LogP contribution >= 0.6 is 0 Å². The summed E-state index contributed by atoms with van der Waals surface area (Å²) in [7, 11) is 0. The molecular weight excluding hydrogens is 808 g/mol. The summed E-state index contributed by atoms with van der Waals surface area (Å²) in [6, 6.07) is 63.3. The first kappa shape index (κ1) is 37.8. The minimum absolute atomic E-state index is 0.0937. The lowest BCUT2D eigenvalue weighted by atomic mass is 9.33. The van der Waals surface area contributed by atoms with E-state index in [0.29, 0.717) is 0 Å². The molecule has 3 heteroatoms. The van der Waals surface area contributed by atoms with Crippen LogP contribution in [0.2, 0.25) is 0 Å². The average molecular weight is 857 g/mol. The van der Waals surface area contributed by atoms with E-state index < -0.39 is 0 Å². The van der Waals surface area contributed by atoms with Crippen LogP contribution in [0.4, 0.5) is 34.1 Å². The van der Waals surface area contributed by atoms with E-state index >= 15 is 0 Å². The van der Waals surface area contributed by atoms with Crippen LogP contribution in [0.3, 0.4) is 0 Å². The van der Waals surface area contributed by atoms with Crippen molar-refractivity contribution in [2.45, 2.75) is 65.2 Å². The van der Waals surface area contributed by atoms with Gasteiger partial charge in [-0.2, -0.15) is 0 Å². The molecule has 2 aliphatic carbocycles. The van der Waals surface area contributed by atoms with E-state index in [2.05, 4.69) is 187 Å². The number of nitrogens with zero attached hydrogens (tertiary/aromatic N) is 2. The first-order valence-electron chi connectivity index (χ1n) is 24.9. The minimum Gasteiger partial charge on any atom is -0.311 e. The minimum atomic E-state index is 0.0937. The molecule has 0 bridgehead atoms. The Morgan fingerprint density at radius 2 is 0.701 bits per heavy atom. The molecule has 0 amide bonds. The zero-order valence-corrected chi connectivity index (χ0v) is 38.2. The van der Waals surface area contributed by atoms with Crippen LogP contribution < -0.4 is 26.2 Å². The van der Waals surface area contributed by atoms with Gasteiger partial charge >= 0.3 is 0 Å². The van der Waals surface area contributed by atoms with Crippen molar-refractivity contribution in [1.82, 2.24) is 0 Å². The fourth-order valence-corrected chi connectivity index (χ4v) is 14.1. The molecule has 2 nitrogen and oxygen atoms in total. The molecule has 0 unspecified atom stereocenters. The quantitative estimate of drug-likeness (QED) is 0.129. The van der Waals surface area contributed by atoms with Crippen LogP contribution in [0.25, 0.3) is 64.6 Å². The average Bonchev–Trinajstić information content (AvgIpc) is 4.07. The molecule has 0 spiro atoms. The lowest BCUT2D eigenvalue weighted by Crippen LogP contribution is -2.62. The van der Waals surface area contributed by atoms with E-state index in [9.17, 15) is 0 Å². The first-order valence-corrected chi connectivity index (χ1v) is 24.9. The molecular formula is C64H49BN2. The van der Waals surface area contributed by atoms with Gasteiger partial charge in [-0.1, -0.05) is 153 Å². The SMILES string of the molecule is CCc1c2c(cc3c1N(c1cccc4c5ccccc5c5ccccc5c14)c1cccc4c1B3c1cc3c(c(CC)c1N4c1cccc4c5ccccc5c5ccccc5c14)CCC3)CCC2. The van der Waals surface area contributed by atoms with Crippen LogP contribution in [0, 0.1) is 0 Å². The highest BCUT2D eigenvalue weighted by atomic mass is 15.2. The summed E-state index contributed by atoms with van der Waals surface area (Å²) in [4.78, 5) is 5.52. The predicted molar refractivity (Wildman–Crippen MR) is 288 cm³/mol. The summed E-state index contributed by atoms with van der Waals surface area (Å²) in [6.45, 7) is 4.92. The fourth-order valence-electron chi connectivity index (χ4n) is 14.1. The maximum absolute atomic E-state index is 2.76. The van der Waals surface area contributed by atoms with Crippen molar-refractivity contribution < 1.29 is 0 Å². The van der Waals surface area contributed by atoms with Gasteiger partial charge in [0.15, 0.2) is 0 Å². The number of hydrogen-bond donors (Lipinski definition) is 0. The third-order valence-electron chi connectivity index (χ3n) is 16.6. The molecule has 11 aromatic rings. The van der Waals surface area contributed by atoms with Crippen LogP contribution in [0.5, 0.6) is 0 Å². The fraction of sp³-hybridized carbons (Fsp3) is 0.156. The molecule has 11 aromatic carbocycles. The lowest BCUT2D eigenvalue weighted by molar-refractivity contribution is 0.905. The molecule has 15 rings (SSSR count). The molecule has 4 aliphatic rings. The van der Waals surface area contributed by atoms with Crippen molar-refractivity contribution in [1.29, 1.82) is 0 Å². The molecule has 2 heterocycles. The molecule has 0 N–H and O–H groups in total. The van der Waals surface area contributed by atoms with Crippen LogP contribution in [-0.4, -0.2) is 6.71 Å². The maximum atomic E-state index is 2.76. The van der Waals surface area contributed by atoms with E-state index in [1.807, 2.05) is 0 Å². The van der Waals surface area contributed by atoms with E-state index in [1.54, 1.807) is 22.3 Å². The molecule has 0 atom stereocenters. The summed E-state index contributed by atoms with van der Waals surface area (Å²) < 4.78 is 0. The Morgan fingerprint density at radius 3 is 1.09 bits per heavy atom. The van der Waals surface area contributed by atoms with Gasteiger partial charge in [-0.25, -0.2) is 0 Å². The Kier molecular flexibility index (Phi) is 7.95. The predicted octanol–water partition coefficient (Wildman–Crippen LogP) is 14.8. The second-order valence-electron chi connectivity index (χ2n) is 19.7. The van der Waals surface area contributed by atoms with Crippen molar-refractivity contribution in [3.05, 3.63) is 197 Å². The van der Waals surface area contributed by atoms with Gasteiger partial charge < -0.3 is 9.80 Å². The van der Waals surface area contributed by atoms with E-state index in [1.165, 1.54) is 139 Å². The van der Waals surface area contributed by atoms with E-state index in [0.717, 1.165) is 38.5 Å². The van der Waals surface area contributed by atoms with Crippen LogP contribution in [-0.2, 0) is 38.5 Å². The summed E-state index contributed by atoms with van der Waals surface area (Å²) in [5.74, 6) is 0. The van der Waals surface area contributed by atoms with Gasteiger partial charge in [0.25, 0.3) is 6.71 Å². The highest BCUT2D eigenvalue weighted by Gasteiger charge is 2.47. The highest BCUT2D eigenvalue weighted by molar-refractivity contribution is 7.00. The Labute approximate surface area is 392 Å². The third-order valence-corrected chi connectivity index (χ3v) is 16.6. The number of hydrogen-bond acceptors (Lipinski definition) is 2. The van der Waals surface area contributed by atoms with Gasteiger partial charge in [0, 0.05) is 33.5 Å². The van der Waals surface area contributed by atoms with Crippen LogP contribution in [0.1, 0.15) is 60.1 Å². The first-order chi connectivity index (χ1) is 33.2. The molecule has 0 fully saturated rings. The molecule has 0 saturated heterocycles. The standard InChI is InChI=1S/C64H49BN2/c1-3-40-42-28-13-18-38(42)36-54-63(40)66(56-32-15-30-52-48-22-7-5-20-44(48)46-24-9-11-26-50(46)60(52)56)58-34-17-35-59-62(58)65(54)55-37-39-19-14-29-43(39)41(4-2)64(55)67(59)57-33-16-31-53-49-23-8-6-21-45(49)47-25-10-12-27-51(47)61(53)57/h5-12,15-17,20-27,30-37H,3-4,13-14,18-19,28-29H2,1-2H3. The van der Waals surface area contributed by atoms with Crippen molar-refractivity contribution in [3.63, 3.8) is 0 Å². The monoisotopic (exact) mass is 856 g/mol. The number of anilines is 6. The topological polar surface area (TPSA) is 6.48 Å². The molecule has 2 aliphatic heterocycles. The van der Waals surface area contributed by atoms with Crippen molar-refractivity contribution in [2.75, 3.05) is 9.80 Å². The molecule has 318 valence electrons. The van der Waals surface area contributed by atoms with E-state index in [4.69, 9.17) is 0 Å². The molecule has 0 aromatic heterocycles. The second kappa shape index (κ2) is 14.1. The molecule has 0 radical (unpaired) electrons. The van der Waals surface area contributed by atoms with Gasteiger partial charge in [-0.05, 0) is 179 Å². The second-order valence-corrected chi connectivity index (χ2v) is 19.7. The van der Waals surface area contributed by atoms with Crippen molar-refractivity contribution in [3.8, 4) is 0 Å². The normalized spacial score (nSPS) is 14.7. The number of fused-ring (bicyclic) bond motifs is 18. The van der Waals surface area contributed by atoms with Crippen molar-refractivity contribution in [2.24, 2.45) is 0 Å². The maximum Gasteiger partial charge on any atom is 0.252 e. The Morgan fingerprint density at radius 1 is 0.373 bits per heavy atom. The Balaban J connectivity index is 1.12. The van der Waals surface area contributed by atoms with Gasteiger partial charge in [0.2, 0.25) is 0 Å². The van der Waals surface area contributed by atoms with Gasteiger partial charge in [-0.3, -0.25) is 0 Å². The summed E-state index contributed by atoms with van der Waals surface area (Å²) in [5.41, 5.74) is 21.8. The Hall–Kier alpha value is -7.36. The molecule has 67 heavy (non-hydrogen) atoms. The van der Waals surface area contributed by atoms with Gasteiger partial charge in [0.1, 0.15) is 0 Å². The summed E-state index contributed by atoms with van der Waals surface area (Å²) in [5, 5.41) is 15.8. The van der Waals surface area contributed by atoms with Crippen molar-refractivity contribution >= 4 is 122 Å². The zero-order valence-electron chi connectivity index (χ0n) is 38.2. The van der Waals surface area contributed by atoms with Gasteiger partial charge in [-0.15, -0.1) is 0 Å². The van der Waals surface area contributed by atoms with E-state index in [-0.39, 0.29) is 6.71 Å². The Bertz CT molecular complexity index is 3650. The van der Waals surface area contributed by atoms with Crippen LogP contribution in [0.15, 0.2) is 164 Å². The third kappa shape index (κ3) is 4.97. The summed E-state index contributed by atoms with van der Waals surface area (Å²) >= 11 is 0. The van der Waals surface area contributed by atoms with Gasteiger partial charge in [0.05, 0.1) is 11.4 Å². The molecule has 0 saturated carbocycles. The number of benzene rings is 11. The zero-order chi connectivity index (χ0) is 44.1. The number of rotatable bonds is 4.